The number of anilines is 1. The zero-order chi connectivity index (χ0) is 26.0. The fourth-order valence-corrected chi connectivity index (χ4v) is 4.29. The number of nitriles is 1. The molecule has 9 nitrogen and oxygen atoms in total. The third-order valence-corrected chi connectivity index (χ3v) is 6.03. The summed E-state index contributed by atoms with van der Waals surface area (Å²) in [5, 5.41) is 18.7. The number of ether oxygens (including phenoxy) is 1. The van der Waals surface area contributed by atoms with E-state index in [9.17, 15) is 18.8 Å². The molecule has 0 unspecified atom stereocenters. The van der Waals surface area contributed by atoms with Crippen LogP contribution in [0.4, 0.5) is 19.4 Å². The average molecular weight is 498 g/mol. The van der Waals surface area contributed by atoms with Gasteiger partial charge in [-0.2, -0.15) is 15.5 Å². The molecule has 3 aromatic rings. The van der Waals surface area contributed by atoms with Crippen LogP contribution in [-0.4, -0.2) is 49.2 Å². The van der Waals surface area contributed by atoms with Gasteiger partial charge in [0.25, 0.3) is 0 Å². The first kappa shape index (κ1) is 25.2. The van der Waals surface area contributed by atoms with Crippen molar-refractivity contribution in [3.05, 3.63) is 53.4 Å². The Bertz CT molecular complexity index is 1300. The van der Waals surface area contributed by atoms with Crippen LogP contribution in [0.15, 0.2) is 30.6 Å². The number of nitrogens with two attached hydrogens (primary N) is 1. The molecule has 0 aliphatic carbocycles. The highest BCUT2D eigenvalue weighted by Gasteiger charge is 2.28. The molecule has 0 radical (unpaired) electrons. The molecule has 0 saturated carbocycles. The molecular formula is C25H29F2N7O2. The number of nitrogen functional groups attached to an aromatic ring is 1. The maximum atomic E-state index is 14.1. The number of aromatic nitrogens is 4. The van der Waals surface area contributed by atoms with Crippen LogP contribution < -0.4 is 5.73 Å². The van der Waals surface area contributed by atoms with Gasteiger partial charge in [-0.05, 0) is 46.1 Å². The van der Waals surface area contributed by atoms with Gasteiger partial charge in [0.2, 0.25) is 0 Å². The lowest BCUT2D eigenvalue weighted by atomic mass is 10.1. The molecule has 1 fully saturated rings. The number of halogens is 2. The summed E-state index contributed by atoms with van der Waals surface area (Å²) in [6.07, 6.45) is 4.85. The lowest BCUT2D eigenvalue weighted by molar-refractivity contribution is 0.0255. The lowest BCUT2D eigenvalue weighted by Gasteiger charge is -2.26. The van der Waals surface area contributed by atoms with Gasteiger partial charge >= 0.3 is 6.09 Å². The first-order chi connectivity index (χ1) is 17.1. The van der Waals surface area contributed by atoms with Gasteiger partial charge < -0.3 is 15.4 Å². The van der Waals surface area contributed by atoms with E-state index >= 15 is 0 Å². The Morgan fingerprint density at radius 2 is 2.06 bits per heavy atom. The molecular weight excluding hydrogens is 468 g/mol. The quantitative estimate of drug-likeness (QED) is 0.568. The molecule has 11 heteroatoms. The minimum absolute atomic E-state index is 0.0186. The molecule has 4 rings (SSSR count). The van der Waals surface area contributed by atoms with Crippen molar-refractivity contribution in [2.24, 2.45) is 0 Å². The monoisotopic (exact) mass is 497 g/mol. The number of hydrogen-bond donors (Lipinski definition) is 1. The van der Waals surface area contributed by atoms with Crippen LogP contribution in [0.2, 0.25) is 0 Å². The van der Waals surface area contributed by atoms with E-state index in [1.165, 1.54) is 23.0 Å². The minimum Gasteiger partial charge on any atom is -0.444 e. The number of amides is 1. The summed E-state index contributed by atoms with van der Waals surface area (Å²) >= 11 is 0. The number of rotatable bonds is 4. The second-order valence-electron chi connectivity index (χ2n) is 9.86. The van der Waals surface area contributed by atoms with Crippen LogP contribution in [-0.2, 0) is 11.3 Å². The second-order valence-corrected chi connectivity index (χ2v) is 9.86. The van der Waals surface area contributed by atoms with Crippen molar-refractivity contribution in [3.8, 4) is 17.3 Å². The number of hydrogen-bond acceptors (Lipinski definition) is 6. The zero-order valence-electron chi connectivity index (χ0n) is 20.5. The largest absolute Gasteiger partial charge is 0.444 e. The summed E-state index contributed by atoms with van der Waals surface area (Å²) in [5.74, 6) is -1.60. The van der Waals surface area contributed by atoms with Gasteiger partial charge in [0, 0.05) is 30.4 Å². The van der Waals surface area contributed by atoms with E-state index < -0.39 is 17.2 Å². The maximum Gasteiger partial charge on any atom is 0.410 e. The van der Waals surface area contributed by atoms with Crippen LogP contribution in [0.5, 0.6) is 0 Å². The molecule has 1 aliphatic rings. The summed E-state index contributed by atoms with van der Waals surface area (Å²) in [4.78, 5) is 14.2. The molecule has 36 heavy (non-hydrogen) atoms. The highest BCUT2D eigenvalue weighted by Crippen LogP contribution is 2.32. The van der Waals surface area contributed by atoms with E-state index in [0.717, 1.165) is 18.9 Å². The molecule has 3 heterocycles. The number of benzene rings is 1. The number of likely N-dealkylation sites (tertiary alicyclic amines) is 1. The van der Waals surface area contributed by atoms with E-state index in [2.05, 4.69) is 16.3 Å². The van der Waals surface area contributed by atoms with Crippen molar-refractivity contribution in [2.75, 3.05) is 18.8 Å². The Labute approximate surface area is 208 Å². The van der Waals surface area contributed by atoms with E-state index in [0.29, 0.717) is 30.8 Å². The predicted molar refractivity (Wildman–Crippen MR) is 129 cm³/mol. The summed E-state index contributed by atoms with van der Waals surface area (Å²) in [6.45, 7) is 6.55. The average Bonchev–Trinajstić information content (AvgIpc) is 3.31. The molecule has 2 N–H and O–H groups in total. The van der Waals surface area contributed by atoms with Crippen LogP contribution in [0.1, 0.15) is 57.2 Å². The molecule has 2 aromatic heterocycles. The third-order valence-electron chi connectivity index (χ3n) is 6.03. The molecule has 1 saturated heterocycles. The number of carbonyl (C=O) groups excluding carboxylic acids is 1. The second kappa shape index (κ2) is 9.97. The fourth-order valence-electron chi connectivity index (χ4n) is 4.29. The fraction of sp³-hybridized carbons (Fsp3) is 0.440. The van der Waals surface area contributed by atoms with Crippen LogP contribution in [0.25, 0.3) is 11.3 Å². The number of carbonyl (C=O) groups is 1. The first-order valence-corrected chi connectivity index (χ1v) is 11.8. The maximum absolute atomic E-state index is 14.1. The Hall–Kier alpha value is -3.94. The molecule has 0 spiro atoms. The van der Waals surface area contributed by atoms with Gasteiger partial charge in [-0.15, -0.1) is 0 Å². The molecule has 1 amide bonds. The summed E-state index contributed by atoms with van der Waals surface area (Å²) < 4.78 is 36.2. The molecule has 1 atom stereocenters. The Morgan fingerprint density at radius 1 is 1.28 bits per heavy atom. The van der Waals surface area contributed by atoms with E-state index in [-0.39, 0.29) is 35.6 Å². The van der Waals surface area contributed by atoms with Gasteiger partial charge in [-0.25, -0.2) is 18.3 Å². The van der Waals surface area contributed by atoms with Crippen molar-refractivity contribution >= 4 is 11.9 Å². The highest BCUT2D eigenvalue weighted by atomic mass is 19.2. The van der Waals surface area contributed by atoms with Crippen LogP contribution >= 0.6 is 0 Å². The van der Waals surface area contributed by atoms with Gasteiger partial charge in [0.1, 0.15) is 28.7 Å². The van der Waals surface area contributed by atoms with Crippen molar-refractivity contribution in [1.29, 1.82) is 5.26 Å². The third kappa shape index (κ3) is 5.32. The van der Waals surface area contributed by atoms with Gasteiger partial charge in [0.15, 0.2) is 11.6 Å². The molecule has 190 valence electrons. The van der Waals surface area contributed by atoms with Crippen LogP contribution in [0.3, 0.4) is 0 Å². The van der Waals surface area contributed by atoms with Crippen molar-refractivity contribution in [1.82, 2.24) is 24.5 Å². The van der Waals surface area contributed by atoms with Gasteiger partial charge in [0.05, 0.1) is 18.8 Å². The predicted octanol–water partition coefficient (Wildman–Crippen LogP) is 4.49. The van der Waals surface area contributed by atoms with Crippen LogP contribution in [0, 0.1) is 23.0 Å². The minimum atomic E-state index is -0.924. The molecule has 1 aliphatic heterocycles. The van der Waals surface area contributed by atoms with Crippen molar-refractivity contribution in [3.63, 3.8) is 0 Å². The standard InChI is InChI=1S/C25H29F2N7O2/c1-25(2,3)36-24(35)32-10-5-7-18(9-11-32)34-23(29)19(12-28)22(31-34)17-13-30-33(15-17)14-16-6-4-8-20(26)21(16)27/h4,6,8,13,15,18H,5,7,9-11,14,29H2,1-3H3/t18-/m0/s1. The topological polar surface area (TPSA) is 115 Å². The van der Waals surface area contributed by atoms with E-state index in [4.69, 9.17) is 10.5 Å². The summed E-state index contributed by atoms with van der Waals surface area (Å²) in [6, 6.07) is 6.00. The van der Waals surface area contributed by atoms with E-state index in [1.54, 1.807) is 15.8 Å². The lowest BCUT2D eigenvalue weighted by Crippen LogP contribution is -2.37. The van der Waals surface area contributed by atoms with Crippen molar-refractivity contribution in [2.45, 2.75) is 58.2 Å². The molecule has 0 bridgehead atoms. The summed E-state index contributed by atoms with van der Waals surface area (Å²) in [5.41, 5.74) is 7.05. The van der Waals surface area contributed by atoms with Gasteiger partial charge in [-0.1, -0.05) is 12.1 Å². The highest BCUT2D eigenvalue weighted by molar-refractivity contribution is 5.72. The summed E-state index contributed by atoms with van der Waals surface area (Å²) in [7, 11) is 0. The smallest absolute Gasteiger partial charge is 0.410 e. The van der Waals surface area contributed by atoms with Gasteiger partial charge in [-0.3, -0.25) is 4.68 Å². The first-order valence-electron chi connectivity index (χ1n) is 11.8. The Kier molecular flexibility index (Phi) is 6.97. The van der Waals surface area contributed by atoms with Crippen molar-refractivity contribution < 1.29 is 18.3 Å². The van der Waals surface area contributed by atoms with E-state index in [1.807, 2.05) is 20.8 Å². The Morgan fingerprint density at radius 3 is 2.78 bits per heavy atom. The number of nitrogens with zero attached hydrogens (tertiary/aromatic N) is 6. The zero-order valence-corrected chi connectivity index (χ0v) is 20.5. The Balaban J connectivity index is 1.54. The SMILES string of the molecule is CC(C)(C)OC(=O)N1CCC[C@H](n2nc(-c3cnn(Cc4cccc(F)c4F)c3)c(C#N)c2N)CC1. The normalized spacial score (nSPS) is 16.4. The molecule has 1 aromatic carbocycles.